The maximum atomic E-state index is 13.0. The number of nitrogens with zero attached hydrogens (tertiary/aromatic N) is 3. The van der Waals surface area contributed by atoms with E-state index in [9.17, 15) is 9.59 Å². The van der Waals surface area contributed by atoms with Gasteiger partial charge in [-0.3, -0.25) is 9.59 Å². The van der Waals surface area contributed by atoms with Crippen molar-refractivity contribution in [1.82, 2.24) is 19.9 Å². The average molecular weight is 550 g/mol. The van der Waals surface area contributed by atoms with Gasteiger partial charge in [0, 0.05) is 59.9 Å². The molecule has 0 radical (unpaired) electrons. The Morgan fingerprint density at radius 1 is 1.05 bits per heavy atom. The first kappa shape index (κ1) is 28.4. The van der Waals surface area contributed by atoms with Gasteiger partial charge in [-0.25, -0.2) is 9.97 Å². The van der Waals surface area contributed by atoms with Crippen molar-refractivity contribution in [2.75, 3.05) is 26.0 Å². The van der Waals surface area contributed by atoms with Crippen LogP contribution in [0.3, 0.4) is 0 Å². The van der Waals surface area contributed by atoms with Crippen molar-refractivity contribution in [2.24, 2.45) is 5.92 Å². The van der Waals surface area contributed by atoms with Crippen molar-refractivity contribution < 1.29 is 9.59 Å². The summed E-state index contributed by atoms with van der Waals surface area (Å²) in [5.41, 5.74) is 5.82. The Kier molecular flexibility index (Phi) is 9.04. The Balaban J connectivity index is 1.11. The predicted molar refractivity (Wildman–Crippen MR) is 165 cm³/mol. The second-order valence-electron chi connectivity index (χ2n) is 11.5. The lowest BCUT2D eigenvalue weighted by atomic mass is 9.82. The van der Waals surface area contributed by atoms with Crippen LogP contribution in [0.1, 0.15) is 53.6 Å². The number of allylic oxidation sites excluding steroid dienone is 1. The molecule has 212 valence electrons. The van der Waals surface area contributed by atoms with Gasteiger partial charge >= 0.3 is 0 Å². The first-order valence-electron chi connectivity index (χ1n) is 14.5. The molecule has 2 aromatic carbocycles. The first-order chi connectivity index (χ1) is 19.9. The lowest BCUT2D eigenvalue weighted by molar-refractivity contribution is -0.114. The number of benzene rings is 2. The molecule has 0 bridgehead atoms. The van der Waals surface area contributed by atoms with Gasteiger partial charge in [0.1, 0.15) is 0 Å². The Bertz CT molecular complexity index is 1530. The van der Waals surface area contributed by atoms with Crippen LogP contribution in [0.5, 0.6) is 0 Å². The number of anilines is 1. The number of aromatic nitrogens is 3. The number of fused-ring (bicyclic) bond motifs is 1. The highest BCUT2D eigenvalue weighted by Gasteiger charge is 2.24. The van der Waals surface area contributed by atoms with Gasteiger partial charge in [-0.2, -0.15) is 0 Å². The molecule has 4 aromatic rings. The second-order valence-corrected chi connectivity index (χ2v) is 11.5. The topological polar surface area (TPSA) is 91.0 Å². The number of hydrogen-bond acceptors (Lipinski definition) is 6. The summed E-state index contributed by atoms with van der Waals surface area (Å²) < 4.78 is 0. The zero-order valence-electron chi connectivity index (χ0n) is 24.2. The Hall–Kier alpha value is -4.10. The molecule has 2 aromatic heterocycles. The highest BCUT2D eigenvalue weighted by atomic mass is 16.1. The second kappa shape index (κ2) is 13.0. The van der Waals surface area contributed by atoms with E-state index >= 15 is 0 Å². The largest absolute Gasteiger partial charge is 0.360 e. The summed E-state index contributed by atoms with van der Waals surface area (Å²) in [5.74, 6) is 1.28. The van der Waals surface area contributed by atoms with E-state index in [0.29, 0.717) is 30.7 Å². The van der Waals surface area contributed by atoms with Gasteiger partial charge in [0.05, 0.1) is 5.69 Å². The minimum Gasteiger partial charge on any atom is -0.360 e. The Labute approximate surface area is 242 Å². The van der Waals surface area contributed by atoms with E-state index in [0.717, 1.165) is 71.1 Å². The molecule has 41 heavy (non-hydrogen) atoms. The SMILES string of the molecule is Cc1cnc(NC2CCC(CC(=O)c3ccc(CC(=O)/C=C/CN(C)C)cc3)CC2)nc1-c1c[nH]c2ccccc12. The van der Waals surface area contributed by atoms with Crippen LogP contribution in [0.2, 0.25) is 0 Å². The lowest BCUT2D eigenvalue weighted by Crippen LogP contribution is -2.28. The van der Waals surface area contributed by atoms with Crippen LogP contribution in [-0.2, 0) is 11.2 Å². The maximum absolute atomic E-state index is 13.0. The number of Topliss-reactive ketones (excluding diaryl/α,β-unsaturated/α-hetero) is 1. The van der Waals surface area contributed by atoms with Crippen molar-refractivity contribution in [3.05, 3.63) is 89.8 Å². The molecule has 1 saturated carbocycles. The number of para-hydroxylation sites is 1. The van der Waals surface area contributed by atoms with E-state index in [2.05, 4.69) is 27.4 Å². The van der Waals surface area contributed by atoms with Crippen molar-refractivity contribution in [3.8, 4) is 11.3 Å². The number of hydrogen-bond donors (Lipinski definition) is 2. The lowest BCUT2D eigenvalue weighted by Gasteiger charge is -2.29. The van der Waals surface area contributed by atoms with Crippen molar-refractivity contribution in [3.63, 3.8) is 0 Å². The maximum Gasteiger partial charge on any atom is 0.223 e. The normalized spacial score (nSPS) is 17.4. The Morgan fingerprint density at radius 2 is 1.80 bits per heavy atom. The summed E-state index contributed by atoms with van der Waals surface area (Å²) >= 11 is 0. The van der Waals surface area contributed by atoms with Crippen LogP contribution < -0.4 is 5.32 Å². The number of carbonyl (C=O) groups excluding carboxylic acids is 2. The van der Waals surface area contributed by atoms with Crippen LogP contribution in [0.4, 0.5) is 5.95 Å². The van der Waals surface area contributed by atoms with Crippen LogP contribution in [0.15, 0.2) is 73.1 Å². The minimum absolute atomic E-state index is 0.0709. The number of aromatic amines is 1. The third kappa shape index (κ3) is 7.35. The van der Waals surface area contributed by atoms with E-state index in [1.165, 1.54) is 0 Å². The molecule has 1 aliphatic carbocycles. The fraction of sp³-hybridized carbons (Fsp3) is 0.353. The van der Waals surface area contributed by atoms with E-state index in [4.69, 9.17) is 4.98 Å². The van der Waals surface area contributed by atoms with Gasteiger partial charge in [0.2, 0.25) is 5.95 Å². The van der Waals surface area contributed by atoms with Crippen LogP contribution >= 0.6 is 0 Å². The molecule has 0 spiro atoms. The molecule has 0 saturated heterocycles. The fourth-order valence-corrected chi connectivity index (χ4v) is 5.59. The predicted octanol–water partition coefficient (Wildman–Crippen LogP) is 6.41. The van der Waals surface area contributed by atoms with Gasteiger partial charge in [0.15, 0.2) is 11.6 Å². The van der Waals surface area contributed by atoms with Crippen molar-refractivity contribution >= 4 is 28.4 Å². The molecule has 7 heteroatoms. The smallest absolute Gasteiger partial charge is 0.223 e. The molecule has 0 unspecified atom stereocenters. The van der Waals surface area contributed by atoms with E-state index in [1.807, 2.05) is 80.8 Å². The van der Waals surface area contributed by atoms with Crippen molar-refractivity contribution in [2.45, 2.75) is 51.5 Å². The molecule has 5 rings (SSSR count). The van der Waals surface area contributed by atoms with Gasteiger partial charge < -0.3 is 15.2 Å². The molecular weight excluding hydrogens is 510 g/mol. The summed E-state index contributed by atoms with van der Waals surface area (Å²) in [6, 6.07) is 16.1. The third-order valence-corrected chi connectivity index (χ3v) is 7.90. The van der Waals surface area contributed by atoms with E-state index in [1.54, 1.807) is 6.08 Å². The molecule has 1 aliphatic rings. The van der Waals surface area contributed by atoms with E-state index in [-0.39, 0.29) is 11.6 Å². The number of carbonyl (C=O) groups is 2. The van der Waals surface area contributed by atoms with Crippen molar-refractivity contribution in [1.29, 1.82) is 0 Å². The molecular formula is C34H39N5O2. The number of nitrogens with one attached hydrogen (secondary N) is 2. The molecule has 0 aliphatic heterocycles. The number of H-pyrrole nitrogens is 1. The highest BCUT2D eigenvalue weighted by Crippen LogP contribution is 2.32. The number of aryl methyl sites for hydroxylation is 1. The summed E-state index contributed by atoms with van der Waals surface area (Å²) in [7, 11) is 3.94. The molecule has 7 nitrogen and oxygen atoms in total. The van der Waals surface area contributed by atoms with Crippen LogP contribution in [0.25, 0.3) is 22.2 Å². The summed E-state index contributed by atoms with van der Waals surface area (Å²) in [4.78, 5) is 39.9. The van der Waals surface area contributed by atoms with Crippen LogP contribution in [-0.4, -0.2) is 58.1 Å². The number of likely N-dealkylation sites (N-methyl/N-ethyl adjacent to an activating group) is 1. The summed E-state index contributed by atoms with van der Waals surface area (Å²) in [5, 5.41) is 4.71. The summed E-state index contributed by atoms with van der Waals surface area (Å²) in [6.45, 7) is 2.78. The molecule has 1 fully saturated rings. The monoisotopic (exact) mass is 549 g/mol. The van der Waals surface area contributed by atoms with Gasteiger partial charge in [-0.15, -0.1) is 0 Å². The first-order valence-corrected chi connectivity index (χ1v) is 14.5. The minimum atomic E-state index is 0.0709. The van der Waals surface area contributed by atoms with Gasteiger partial charge in [-0.05, 0) is 75.9 Å². The fourth-order valence-electron chi connectivity index (χ4n) is 5.59. The standard InChI is InChI=1S/C34H39N5O2/c1-23-21-36-34(38-33(23)30-22-35-31-9-5-4-8-29(30)31)37-27-16-12-25(13-17-27)20-32(41)26-14-10-24(11-15-26)19-28(40)7-6-18-39(2)3/h4-11,14-15,21-22,25,27,35H,12-13,16-20H2,1-3H3,(H,36,37,38)/b7-6+. The van der Waals surface area contributed by atoms with Crippen LogP contribution in [0, 0.1) is 12.8 Å². The molecule has 2 heterocycles. The quantitative estimate of drug-likeness (QED) is 0.166. The third-order valence-electron chi connectivity index (χ3n) is 7.90. The average Bonchev–Trinajstić information content (AvgIpc) is 3.39. The summed E-state index contributed by atoms with van der Waals surface area (Å²) in [6.07, 6.45) is 12.3. The zero-order valence-corrected chi connectivity index (χ0v) is 24.2. The van der Waals surface area contributed by atoms with E-state index < -0.39 is 0 Å². The number of ketones is 2. The van der Waals surface area contributed by atoms with Gasteiger partial charge in [0.25, 0.3) is 0 Å². The Morgan fingerprint density at radius 3 is 2.56 bits per heavy atom. The molecule has 0 amide bonds. The highest BCUT2D eigenvalue weighted by molar-refractivity contribution is 5.97. The number of rotatable bonds is 11. The molecule has 2 N–H and O–H groups in total. The van der Waals surface area contributed by atoms with Gasteiger partial charge in [-0.1, -0.05) is 48.5 Å². The zero-order chi connectivity index (χ0) is 28.8. The molecule has 0 atom stereocenters.